The molecule has 0 radical (unpaired) electrons. The van der Waals surface area contributed by atoms with E-state index in [9.17, 15) is 9.59 Å². The van der Waals surface area contributed by atoms with E-state index < -0.39 is 0 Å². The fraction of sp³-hybridized carbons (Fsp3) is 0.619. The number of carbonyl (C=O) groups is 2. The van der Waals surface area contributed by atoms with Gasteiger partial charge in [-0.25, -0.2) is 0 Å². The van der Waals surface area contributed by atoms with E-state index in [-0.39, 0.29) is 17.2 Å². The fourth-order valence-corrected chi connectivity index (χ4v) is 3.35. The van der Waals surface area contributed by atoms with Crippen molar-refractivity contribution < 1.29 is 14.3 Å². The van der Waals surface area contributed by atoms with Gasteiger partial charge in [0.15, 0.2) is 0 Å². The lowest BCUT2D eigenvalue weighted by Gasteiger charge is -2.26. The van der Waals surface area contributed by atoms with Crippen molar-refractivity contribution in [1.82, 2.24) is 9.80 Å². The van der Waals surface area contributed by atoms with Gasteiger partial charge in [0.05, 0.1) is 7.11 Å². The molecule has 1 heterocycles. The van der Waals surface area contributed by atoms with Crippen molar-refractivity contribution in [3.8, 4) is 5.75 Å². The summed E-state index contributed by atoms with van der Waals surface area (Å²) in [7, 11) is 1.64. The number of hydrogen-bond acceptors (Lipinski definition) is 3. The van der Waals surface area contributed by atoms with Gasteiger partial charge in [0.1, 0.15) is 5.75 Å². The van der Waals surface area contributed by atoms with Gasteiger partial charge in [-0.05, 0) is 48.9 Å². The number of rotatable bonds is 3. The Morgan fingerprint density at radius 2 is 1.62 bits per heavy atom. The summed E-state index contributed by atoms with van der Waals surface area (Å²) in [5, 5.41) is 0. The molecule has 26 heavy (non-hydrogen) atoms. The quantitative estimate of drug-likeness (QED) is 0.830. The van der Waals surface area contributed by atoms with Crippen molar-refractivity contribution in [3.63, 3.8) is 0 Å². The molecule has 1 aliphatic rings. The third-order valence-electron chi connectivity index (χ3n) is 4.79. The van der Waals surface area contributed by atoms with Gasteiger partial charge < -0.3 is 14.5 Å². The van der Waals surface area contributed by atoms with Crippen LogP contribution in [0.4, 0.5) is 0 Å². The summed E-state index contributed by atoms with van der Waals surface area (Å²) >= 11 is 0. The Hall–Kier alpha value is -2.04. The summed E-state index contributed by atoms with van der Waals surface area (Å²) in [6.45, 7) is 12.7. The molecule has 1 fully saturated rings. The van der Waals surface area contributed by atoms with E-state index in [0.29, 0.717) is 26.1 Å². The van der Waals surface area contributed by atoms with E-state index in [4.69, 9.17) is 4.74 Å². The maximum absolute atomic E-state index is 13.0. The first kappa shape index (κ1) is 20.3. The number of benzene rings is 1. The lowest BCUT2D eigenvalue weighted by atomic mass is 9.91. The molecule has 0 unspecified atom stereocenters. The van der Waals surface area contributed by atoms with Crippen LogP contribution < -0.4 is 4.74 Å². The van der Waals surface area contributed by atoms with Crippen molar-refractivity contribution in [2.45, 2.75) is 47.5 Å². The molecule has 1 aliphatic heterocycles. The summed E-state index contributed by atoms with van der Waals surface area (Å²) in [5.41, 5.74) is 2.58. The number of nitrogens with zero attached hydrogens (tertiary/aromatic N) is 2. The highest BCUT2D eigenvalue weighted by atomic mass is 16.5. The molecule has 0 N–H and O–H groups in total. The molecule has 0 aromatic heterocycles. The minimum Gasteiger partial charge on any atom is -0.496 e. The van der Waals surface area contributed by atoms with Crippen molar-refractivity contribution in [3.05, 3.63) is 28.8 Å². The summed E-state index contributed by atoms with van der Waals surface area (Å²) in [5.74, 6) is 1.02. The zero-order chi connectivity index (χ0) is 19.5. The number of aryl methyl sites for hydroxylation is 2. The number of amides is 2. The van der Waals surface area contributed by atoms with Crippen LogP contribution in [-0.4, -0.2) is 54.9 Å². The molecule has 0 aliphatic carbocycles. The van der Waals surface area contributed by atoms with E-state index in [1.165, 1.54) is 0 Å². The predicted molar refractivity (Wildman–Crippen MR) is 104 cm³/mol. The first-order valence-corrected chi connectivity index (χ1v) is 9.34. The second-order valence-corrected chi connectivity index (χ2v) is 8.40. The van der Waals surface area contributed by atoms with Gasteiger partial charge in [-0.2, -0.15) is 0 Å². The second kappa shape index (κ2) is 8.11. The number of methoxy groups -OCH3 is 1. The Balaban J connectivity index is 2.08. The first-order valence-electron chi connectivity index (χ1n) is 9.34. The Kier molecular flexibility index (Phi) is 6.32. The third-order valence-corrected chi connectivity index (χ3v) is 4.79. The summed E-state index contributed by atoms with van der Waals surface area (Å²) in [6, 6.07) is 3.82. The molecule has 144 valence electrons. The van der Waals surface area contributed by atoms with Crippen molar-refractivity contribution >= 4 is 11.8 Å². The van der Waals surface area contributed by atoms with Crippen LogP contribution in [0.2, 0.25) is 0 Å². The van der Waals surface area contributed by atoms with Crippen LogP contribution in [0.15, 0.2) is 12.1 Å². The average Bonchev–Trinajstić information content (AvgIpc) is 2.80. The molecule has 0 bridgehead atoms. The Morgan fingerprint density at radius 3 is 2.23 bits per heavy atom. The van der Waals surface area contributed by atoms with Crippen LogP contribution in [0, 0.1) is 19.3 Å². The predicted octanol–water partition coefficient (Wildman–Crippen LogP) is 3.42. The Labute approximate surface area is 157 Å². The first-order chi connectivity index (χ1) is 12.1. The summed E-state index contributed by atoms with van der Waals surface area (Å²) in [6.07, 6.45) is 1.35. The van der Waals surface area contributed by atoms with E-state index in [1.807, 2.05) is 35.8 Å². The SMILES string of the molecule is COc1cc(C)c(C(=O)N2CCCN(C(=O)CC(C)(C)C)CC2)cc1C. The zero-order valence-corrected chi connectivity index (χ0v) is 17.0. The van der Waals surface area contributed by atoms with E-state index in [2.05, 4.69) is 20.8 Å². The highest BCUT2D eigenvalue weighted by Gasteiger charge is 2.26. The maximum Gasteiger partial charge on any atom is 0.254 e. The lowest BCUT2D eigenvalue weighted by molar-refractivity contribution is -0.132. The van der Waals surface area contributed by atoms with Crippen LogP contribution >= 0.6 is 0 Å². The molecule has 5 nitrogen and oxygen atoms in total. The van der Waals surface area contributed by atoms with Crippen molar-refractivity contribution in [1.29, 1.82) is 0 Å². The number of carbonyl (C=O) groups excluding carboxylic acids is 2. The summed E-state index contributed by atoms with van der Waals surface area (Å²) in [4.78, 5) is 29.3. The maximum atomic E-state index is 13.0. The molecule has 2 amide bonds. The average molecular weight is 360 g/mol. The highest BCUT2D eigenvalue weighted by molar-refractivity contribution is 5.96. The minimum atomic E-state index is -0.0172. The highest BCUT2D eigenvalue weighted by Crippen LogP contribution is 2.24. The van der Waals surface area contributed by atoms with Crippen LogP contribution in [0.25, 0.3) is 0 Å². The second-order valence-electron chi connectivity index (χ2n) is 8.40. The molecular formula is C21H32N2O3. The largest absolute Gasteiger partial charge is 0.496 e. The van der Waals surface area contributed by atoms with E-state index in [0.717, 1.165) is 35.4 Å². The number of hydrogen-bond donors (Lipinski definition) is 0. The van der Waals surface area contributed by atoms with Crippen LogP contribution in [-0.2, 0) is 4.79 Å². The molecule has 0 atom stereocenters. The van der Waals surface area contributed by atoms with E-state index in [1.54, 1.807) is 7.11 Å². The smallest absolute Gasteiger partial charge is 0.254 e. The molecule has 1 aromatic rings. The standard InChI is InChI=1S/C21H32N2O3/c1-15-13-18(26-6)16(2)12-17(15)20(25)23-9-7-8-22(10-11-23)19(24)14-21(3,4)5/h12-13H,7-11,14H2,1-6H3. The summed E-state index contributed by atoms with van der Waals surface area (Å²) < 4.78 is 5.34. The van der Waals surface area contributed by atoms with E-state index >= 15 is 0 Å². The van der Waals surface area contributed by atoms with Gasteiger partial charge in [-0.15, -0.1) is 0 Å². The number of ether oxygens (including phenoxy) is 1. The lowest BCUT2D eigenvalue weighted by Crippen LogP contribution is -2.38. The normalized spacial score (nSPS) is 15.6. The molecule has 0 saturated carbocycles. The molecule has 1 saturated heterocycles. The minimum absolute atomic E-state index is 0.0172. The third kappa shape index (κ3) is 4.99. The van der Waals surface area contributed by atoms with Gasteiger partial charge >= 0.3 is 0 Å². The Bertz CT molecular complexity index is 677. The zero-order valence-electron chi connectivity index (χ0n) is 17.0. The van der Waals surface area contributed by atoms with Gasteiger partial charge in [0.25, 0.3) is 5.91 Å². The molecular weight excluding hydrogens is 328 g/mol. The monoisotopic (exact) mass is 360 g/mol. The topological polar surface area (TPSA) is 49.9 Å². The van der Waals surface area contributed by atoms with Crippen molar-refractivity contribution in [2.24, 2.45) is 5.41 Å². The molecule has 2 rings (SSSR count). The molecule has 5 heteroatoms. The van der Waals surface area contributed by atoms with Crippen LogP contribution in [0.5, 0.6) is 5.75 Å². The van der Waals surface area contributed by atoms with Gasteiger partial charge in [0, 0.05) is 38.2 Å². The van der Waals surface area contributed by atoms with Gasteiger partial charge in [0.2, 0.25) is 5.91 Å². The van der Waals surface area contributed by atoms with Crippen LogP contribution in [0.1, 0.15) is 55.1 Å². The Morgan fingerprint density at radius 1 is 1.00 bits per heavy atom. The molecule has 1 aromatic carbocycles. The fourth-order valence-electron chi connectivity index (χ4n) is 3.35. The van der Waals surface area contributed by atoms with Gasteiger partial charge in [-0.3, -0.25) is 9.59 Å². The molecule has 0 spiro atoms. The van der Waals surface area contributed by atoms with Crippen molar-refractivity contribution in [2.75, 3.05) is 33.3 Å². The van der Waals surface area contributed by atoms with Gasteiger partial charge in [-0.1, -0.05) is 20.8 Å². The van der Waals surface area contributed by atoms with Crippen LogP contribution in [0.3, 0.4) is 0 Å².